The molecule has 3 N–H and O–H groups in total. The first kappa shape index (κ1) is 12.6. The van der Waals surface area contributed by atoms with E-state index in [2.05, 4.69) is 4.98 Å². The molecule has 0 fully saturated rings. The quantitative estimate of drug-likeness (QED) is 0.807. The highest BCUT2D eigenvalue weighted by molar-refractivity contribution is 6.06. The minimum absolute atomic E-state index is 0.114. The number of aromatic amines is 1. The molecule has 2 heterocycles. The van der Waals surface area contributed by atoms with E-state index in [0.717, 1.165) is 17.7 Å². The van der Waals surface area contributed by atoms with Crippen LogP contribution in [0.25, 0.3) is 0 Å². The number of carbonyl (C=O) groups is 1. The number of hydrogen-bond donors (Lipinski definition) is 2. The van der Waals surface area contributed by atoms with Crippen molar-refractivity contribution in [1.82, 2.24) is 4.98 Å². The van der Waals surface area contributed by atoms with Crippen LogP contribution in [-0.4, -0.2) is 23.5 Å². The molecule has 1 aliphatic rings. The average molecular weight is 269 g/mol. The highest BCUT2D eigenvalue weighted by atomic mass is 16.2. The zero-order valence-corrected chi connectivity index (χ0v) is 10.9. The number of nitrogens with zero attached hydrogens (tertiary/aromatic N) is 1. The zero-order chi connectivity index (χ0) is 14.1. The second kappa shape index (κ2) is 4.94. The van der Waals surface area contributed by atoms with E-state index in [0.29, 0.717) is 6.54 Å². The Morgan fingerprint density at radius 1 is 1.30 bits per heavy atom. The first-order valence-electron chi connectivity index (χ1n) is 6.49. The summed E-state index contributed by atoms with van der Waals surface area (Å²) in [6.45, 7) is 0.421. The third kappa shape index (κ3) is 2.12. The summed E-state index contributed by atoms with van der Waals surface area (Å²) in [5.41, 5.74) is 7.73. The van der Waals surface area contributed by atoms with Crippen molar-refractivity contribution in [2.45, 2.75) is 12.5 Å². The van der Waals surface area contributed by atoms with Crippen LogP contribution in [-0.2, 0) is 6.42 Å². The van der Waals surface area contributed by atoms with Gasteiger partial charge in [0.1, 0.15) is 5.56 Å². The Kier molecular flexibility index (Phi) is 3.12. The maximum Gasteiger partial charge on any atom is 0.263 e. The van der Waals surface area contributed by atoms with Gasteiger partial charge in [-0.2, -0.15) is 0 Å². The number of pyridine rings is 1. The summed E-state index contributed by atoms with van der Waals surface area (Å²) in [4.78, 5) is 28.7. The molecular weight excluding hydrogens is 254 g/mol. The Balaban J connectivity index is 2.05. The molecule has 5 nitrogen and oxygen atoms in total. The van der Waals surface area contributed by atoms with Gasteiger partial charge in [0.2, 0.25) is 0 Å². The Bertz CT molecular complexity index is 708. The van der Waals surface area contributed by atoms with Gasteiger partial charge in [-0.3, -0.25) is 9.59 Å². The third-order valence-corrected chi connectivity index (χ3v) is 3.48. The summed E-state index contributed by atoms with van der Waals surface area (Å²) in [5, 5.41) is 0. The zero-order valence-electron chi connectivity index (χ0n) is 10.9. The van der Waals surface area contributed by atoms with Crippen molar-refractivity contribution in [3.63, 3.8) is 0 Å². The van der Waals surface area contributed by atoms with Crippen molar-refractivity contribution in [1.29, 1.82) is 0 Å². The predicted octanol–water partition coefficient (Wildman–Crippen LogP) is 0.905. The molecular formula is C15H15N3O2. The molecule has 1 amide bonds. The van der Waals surface area contributed by atoms with Crippen LogP contribution in [0.15, 0.2) is 47.5 Å². The number of anilines is 1. The van der Waals surface area contributed by atoms with Crippen LogP contribution >= 0.6 is 0 Å². The van der Waals surface area contributed by atoms with Gasteiger partial charge in [-0.05, 0) is 18.1 Å². The second-order valence-corrected chi connectivity index (χ2v) is 4.93. The number of hydrogen-bond acceptors (Lipinski definition) is 3. The van der Waals surface area contributed by atoms with Crippen molar-refractivity contribution < 1.29 is 4.79 Å². The molecule has 0 radical (unpaired) electrons. The summed E-state index contributed by atoms with van der Waals surface area (Å²) >= 11 is 0. The largest absolute Gasteiger partial charge is 0.367 e. The maximum atomic E-state index is 12.6. The van der Waals surface area contributed by atoms with Crippen molar-refractivity contribution in [3.8, 4) is 0 Å². The summed E-state index contributed by atoms with van der Waals surface area (Å²) in [7, 11) is 0. The van der Waals surface area contributed by atoms with Crippen LogP contribution in [0.4, 0.5) is 5.69 Å². The highest BCUT2D eigenvalue weighted by Crippen LogP contribution is 2.27. The molecule has 1 aliphatic heterocycles. The number of benzene rings is 1. The summed E-state index contributed by atoms with van der Waals surface area (Å²) < 4.78 is 0. The molecule has 20 heavy (non-hydrogen) atoms. The van der Waals surface area contributed by atoms with Crippen molar-refractivity contribution in [2.24, 2.45) is 5.73 Å². The first-order chi connectivity index (χ1) is 9.66. The molecule has 0 saturated heterocycles. The number of nitrogens with one attached hydrogen (secondary N) is 1. The molecule has 1 aromatic carbocycles. The summed E-state index contributed by atoms with van der Waals surface area (Å²) in [6, 6.07) is 8.89. The maximum absolute atomic E-state index is 12.6. The lowest BCUT2D eigenvalue weighted by Gasteiger charge is -2.32. The lowest BCUT2D eigenvalue weighted by atomic mass is 9.98. The van der Waals surface area contributed by atoms with E-state index in [1.165, 1.54) is 18.5 Å². The van der Waals surface area contributed by atoms with Crippen molar-refractivity contribution >= 4 is 11.6 Å². The van der Waals surface area contributed by atoms with Gasteiger partial charge in [0, 0.05) is 36.7 Å². The minimum Gasteiger partial charge on any atom is -0.367 e. The lowest BCUT2D eigenvalue weighted by molar-refractivity contribution is 0.0982. The second-order valence-electron chi connectivity index (χ2n) is 4.93. The van der Waals surface area contributed by atoms with Gasteiger partial charge >= 0.3 is 0 Å². The van der Waals surface area contributed by atoms with Crippen LogP contribution < -0.4 is 16.1 Å². The van der Waals surface area contributed by atoms with E-state index < -0.39 is 0 Å². The Labute approximate surface area is 116 Å². The van der Waals surface area contributed by atoms with Gasteiger partial charge in [-0.25, -0.2) is 0 Å². The van der Waals surface area contributed by atoms with E-state index in [-0.39, 0.29) is 22.9 Å². The van der Waals surface area contributed by atoms with Crippen LogP contribution in [0.3, 0.4) is 0 Å². The van der Waals surface area contributed by atoms with E-state index in [4.69, 9.17) is 5.73 Å². The van der Waals surface area contributed by atoms with E-state index in [1.807, 2.05) is 24.3 Å². The molecule has 1 aromatic heterocycles. The van der Waals surface area contributed by atoms with Crippen molar-refractivity contribution in [2.75, 3.05) is 11.4 Å². The molecule has 0 bridgehead atoms. The Hall–Kier alpha value is -2.40. The number of rotatable bonds is 1. The molecule has 0 spiro atoms. The highest BCUT2D eigenvalue weighted by Gasteiger charge is 2.28. The number of aromatic nitrogens is 1. The van der Waals surface area contributed by atoms with Crippen LogP contribution in [0.2, 0.25) is 0 Å². The Morgan fingerprint density at radius 3 is 2.90 bits per heavy atom. The van der Waals surface area contributed by atoms with E-state index >= 15 is 0 Å². The normalized spacial score (nSPS) is 17.6. The number of fused-ring (bicyclic) bond motifs is 1. The third-order valence-electron chi connectivity index (χ3n) is 3.48. The fraction of sp³-hybridized carbons (Fsp3) is 0.200. The number of carbonyl (C=O) groups excluding carboxylic acids is 1. The predicted molar refractivity (Wildman–Crippen MR) is 76.9 cm³/mol. The molecule has 1 atom stereocenters. The average Bonchev–Trinajstić information content (AvgIpc) is 2.46. The van der Waals surface area contributed by atoms with Gasteiger partial charge in [0.25, 0.3) is 5.91 Å². The summed E-state index contributed by atoms with van der Waals surface area (Å²) in [5.74, 6) is -0.311. The molecule has 0 aliphatic carbocycles. The molecule has 2 aromatic rings. The lowest BCUT2D eigenvalue weighted by Crippen LogP contribution is -2.47. The molecule has 3 rings (SSSR count). The smallest absolute Gasteiger partial charge is 0.263 e. The SMILES string of the molecule is NC1Cc2ccccc2N(C(=O)c2c[nH]ccc2=O)C1. The van der Waals surface area contributed by atoms with Crippen LogP contribution in [0, 0.1) is 0 Å². The number of H-pyrrole nitrogens is 1. The van der Waals surface area contributed by atoms with Gasteiger partial charge in [-0.1, -0.05) is 18.2 Å². The fourth-order valence-electron chi connectivity index (χ4n) is 2.55. The van der Waals surface area contributed by atoms with E-state index in [1.54, 1.807) is 4.90 Å². The van der Waals surface area contributed by atoms with Gasteiger partial charge in [0.05, 0.1) is 0 Å². The number of para-hydroxylation sites is 1. The number of amides is 1. The summed E-state index contributed by atoms with van der Waals surface area (Å²) in [6.07, 6.45) is 3.69. The van der Waals surface area contributed by atoms with Crippen molar-refractivity contribution in [3.05, 3.63) is 64.1 Å². The monoisotopic (exact) mass is 269 g/mol. The number of nitrogens with two attached hydrogens (primary N) is 1. The molecule has 0 saturated carbocycles. The van der Waals surface area contributed by atoms with Crippen LogP contribution in [0.1, 0.15) is 15.9 Å². The van der Waals surface area contributed by atoms with Crippen LogP contribution in [0.5, 0.6) is 0 Å². The minimum atomic E-state index is -0.311. The van der Waals surface area contributed by atoms with E-state index in [9.17, 15) is 9.59 Å². The van der Waals surface area contributed by atoms with Gasteiger partial charge in [-0.15, -0.1) is 0 Å². The fourth-order valence-corrected chi connectivity index (χ4v) is 2.55. The van der Waals surface area contributed by atoms with Gasteiger partial charge in [0.15, 0.2) is 5.43 Å². The first-order valence-corrected chi connectivity index (χ1v) is 6.49. The molecule has 5 heteroatoms. The topological polar surface area (TPSA) is 79.2 Å². The Morgan fingerprint density at radius 2 is 2.10 bits per heavy atom. The van der Waals surface area contributed by atoms with Gasteiger partial charge < -0.3 is 15.6 Å². The molecule has 102 valence electrons. The standard InChI is InChI=1S/C15H15N3O2/c16-11-7-10-3-1-2-4-13(10)18(9-11)15(20)12-8-17-6-5-14(12)19/h1-6,8,11H,7,9,16H2,(H,17,19). The molecule has 1 unspecified atom stereocenters.